The quantitative estimate of drug-likeness (QED) is 0.748. The molecule has 0 aliphatic carbocycles. The van der Waals surface area contributed by atoms with Gasteiger partial charge in [0.25, 0.3) is 0 Å². The number of hydrogen-bond acceptors (Lipinski definition) is 3. The summed E-state index contributed by atoms with van der Waals surface area (Å²) in [5.74, 6) is -0.394. The van der Waals surface area contributed by atoms with E-state index in [1.54, 1.807) is 7.11 Å². The van der Waals surface area contributed by atoms with Crippen molar-refractivity contribution in [1.29, 1.82) is 0 Å². The predicted molar refractivity (Wildman–Crippen MR) is 57.9 cm³/mol. The number of amides is 1. The molecule has 0 bridgehead atoms. The molecule has 0 saturated heterocycles. The molecular formula is C11H16N2O2. The average molecular weight is 208 g/mol. The van der Waals surface area contributed by atoms with Gasteiger partial charge >= 0.3 is 0 Å². The minimum absolute atomic E-state index is 0.153. The summed E-state index contributed by atoms with van der Waals surface area (Å²) in [7, 11) is 1.62. The smallest absolute Gasteiger partial charge is 0.219 e. The normalized spacial score (nSPS) is 12.4. The van der Waals surface area contributed by atoms with Crippen molar-refractivity contribution in [3.63, 3.8) is 0 Å². The molecule has 4 nitrogen and oxygen atoms in total. The lowest BCUT2D eigenvalue weighted by Gasteiger charge is -2.14. The Morgan fingerprint density at radius 2 is 2.13 bits per heavy atom. The number of hydrogen-bond donors (Lipinski definition) is 2. The zero-order valence-electron chi connectivity index (χ0n) is 8.77. The number of carbonyl (C=O) groups excluding carboxylic acids is 1. The van der Waals surface area contributed by atoms with Crippen LogP contribution in [-0.2, 0) is 16.1 Å². The number of nitrogens with two attached hydrogens (primary N) is 2. The molecule has 0 aromatic heterocycles. The van der Waals surface area contributed by atoms with Crippen LogP contribution in [0.3, 0.4) is 0 Å². The summed E-state index contributed by atoms with van der Waals surface area (Å²) in [6.07, 6.45) is 0.153. The summed E-state index contributed by atoms with van der Waals surface area (Å²) in [6.45, 7) is 0.489. The molecule has 1 aromatic rings. The molecule has 1 atom stereocenters. The molecule has 0 unspecified atom stereocenters. The van der Waals surface area contributed by atoms with Gasteiger partial charge in [-0.3, -0.25) is 4.79 Å². The maximum absolute atomic E-state index is 10.8. The Hall–Kier alpha value is -1.39. The van der Waals surface area contributed by atoms with Crippen LogP contribution >= 0.6 is 0 Å². The molecule has 15 heavy (non-hydrogen) atoms. The Kier molecular flexibility index (Phi) is 4.27. The second-order valence-corrected chi connectivity index (χ2v) is 3.41. The Bertz CT molecular complexity index is 339. The van der Waals surface area contributed by atoms with Crippen molar-refractivity contribution < 1.29 is 9.53 Å². The molecule has 4 heteroatoms. The number of carbonyl (C=O) groups is 1. The minimum atomic E-state index is -0.394. The van der Waals surface area contributed by atoms with Gasteiger partial charge < -0.3 is 16.2 Å². The summed E-state index contributed by atoms with van der Waals surface area (Å²) in [4.78, 5) is 10.8. The van der Waals surface area contributed by atoms with Crippen LogP contribution in [0.25, 0.3) is 0 Å². The first-order valence-electron chi connectivity index (χ1n) is 4.75. The van der Waals surface area contributed by atoms with Gasteiger partial charge in [-0.05, 0) is 11.1 Å². The van der Waals surface area contributed by atoms with Crippen molar-refractivity contribution in [1.82, 2.24) is 0 Å². The molecular weight excluding hydrogens is 192 g/mol. The van der Waals surface area contributed by atoms with Crippen molar-refractivity contribution in [2.45, 2.75) is 19.1 Å². The van der Waals surface area contributed by atoms with Gasteiger partial charge in [-0.2, -0.15) is 0 Å². The van der Waals surface area contributed by atoms with E-state index in [2.05, 4.69) is 0 Å². The molecule has 1 aromatic carbocycles. The summed E-state index contributed by atoms with van der Waals surface area (Å²) in [5, 5.41) is 0. The molecule has 1 rings (SSSR count). The molecule has 0 heterocycles. The largest absolute Gasteiger partial charge is 0.380 e. The lowest BCUT2D eigenvalue weighted by molar-refractivity contribution is -0.118. The first-order chi connectivity index (χ1) is 7.15. The van der Waals surface area contributed by atoms with Crippen molar-refractivity contribution in [3.8, 4) is 0 Å². The van der Waals surface area contributed by atoms with Crippen LogP contribution in [0.15, 0.2) is 24.3 Å². The van der Waals surface area contributed by atoms with E-state index in [-0.39, 0.29) is 12.5 Å². The molecule has 0 spiro atoms. The number of primary amides is 1. The second kappa shape index (κ2) is 5.48. The highest BCUT2D eigenvalue weighted by Gasteiger charge is 2.12. The van der Waals surface area contributed by atoms with Crippen LogP contribution in [0.1, 0.15) is 23.6 Å². The van der Waals surface area contributed by atoms with Crippen molar-refractivity contribution in [2.75, 3.05) is 7.11 Å². The Labute approximate surface area is 89.2 Å². The van der Waals surface area contributed by atoms with Gasteiger partial charge in [0.15, 0.2) is 0 Å². The van der Waals surface area contributed by atoms with Gasteiger partial charge in [-0.15, -0.1) is 0 Å². The van der Waals surface area contributed by atoms with Gasteiger partial charge in [0, 0.05) is 19.6 Å². The van der Waals surface area contributed by atoms with Crippen molar-refractivity contribution in [2.24, 2.45) is 11.5 Å². The third-order valence-electron chi connectivity index (χ3n) is 2.18. The SMILES string of the molecule is COCc1ccccc1[C@H](N)CC(N)=O. The van der Waals surface area contributed by atoms with Gasteiger partial charge in [0.05, 0.1) is 6.61 Å². The first-order valence-corrected chi connectivity index (χ1v) is 4.75. The number of ether oxygens (including phenoxy) is 1. The summed E-state index contributed by atoms with van der Waals surface area (Å²) >= 11 is 0. The van der Waals surface area contributed by atoms with Crippen LogP contribution in [0.4, 0.5) is 0 Å². The van der Waals surface area contributed by atoms with Crippen LogP contribution in [-0.4, -0.2) is 13.0 Å². The van der Waals surface area contributed by atoms with Gasteiger partial charge in [-0.25, -0.2) is 0 Å². The minimum Gasteiger partial charge on any atom is -0.380 e. The molecule has 4 N–H and O–H groups in total. The molecule has 0 fully saturated rings. The Morgan fingerprint density at radius 1 is 1.47 bits per heavy atom. The lowest BCUT2D eigenvalue weighted by atomic mass is 9.99. The topological polar surface area (TPSA) is 78.3 Å². The van der Waals surface area contributed by atoms with E-state index < -0.39 is 5.91 Å². The van der Waals surface area contributed by atoms with E-state index in [0.29, 0.717) is 6.61 Å². The fraction of sp³-hybridized carbons (Fsp3) is 0.364. The highest BCUT2D eigenvalue weighted by Crippen LogP contribution is 2.19. The van der Waals surface area contributed by atoms with E-state index in [1.165, 1.54) is 0 Å². The number of rotatable bonds is 5. The fourth-order valence-electron chi connectivity index (χ4n) is 1.51. The van der Waals surface area contributed by atoms with E-state index in [1.807, 2.05) is 24.3 Å². The average Bonchev–Trinajstić information content (AvgIpc) is 2.18. The molecule has 1 amide bonds. The maximum atomic E-state index is 10.8. The van der Waals surface area contributed by atoms with Crippen LogP contribution in [0, 0.1) is 0 Å². The third kappa shape index (κ3) is 3.34. The standard InChI is InChI=1S/C11H16N2O2/c1-15-7-8-4-2-3-5-9(8)10(12)6-11(13)14/h2-5,10H,6-7,12H2,1H3,(H2,13,14)/t10-/m1/s1. The second-order valence-electron chi connectivity index (χ2n) is 3.41. The Morgan fingerprint density at radius 3 is 2.73 bits per heavy atom. The lowest BCUT2D eigenvalue weighted by Crippen LogP contribution is -2.21. The summed E-state index contributed by atoms with van der Waals surface area (Å²) in [5.41, 5.74) is 12.9. The van der Waals surface area contributed by atoms with Crippen molar-refractivity contribution >= 4 is 5.91 Å². The third-order valence-corrected chi connectivity index (χ3v) is 2.18. The molecule has 0 aliphatic heterocycles. The zero-order valence-corrected chi connectivity index (χ0v) is 8.77. The van der Waals surface area contributed by atoms with Crippen LogP contribution < -0.4 is 11.5 Å². The predicted octanol–water partition coefficient (Wildman–Crippen LogP) is 0.708. The van der Waals surface area contributed by atoms with Crippen molar-refractivity contribution in [3.05, 3.63) is 35.4 Å². The molecule has 0 aliphatic rings. The van der Waals surface area contributed by atoms with E-state index in [4.69, 9.17) is 16.2 Å². The van der Waals surface area contributed by atoms with E-state index in [9.17, 15) is 4.79 Å². The van der Waals surface area contributed by atoms with E-state index >= 15 is 0 Å². The van der Waals surface area contributed by atoms with Gasteiger partial charge in [0.1, 0.15) is 0 Å². The highest BCUT2D eigenvalue weighted by atomic mass is 16.5. The first kappa shape index (κ1) is 11.7. The van der Waals surface area contributed by atoms with Crippen LogP contribution in [0.5, 0.6) is 0 Å². The summed E-state index contributed by atoms with van der Waals surface area (Å²) in [6, 6.07) is 7.26. The monoisotopic (exact) mass is 208 g/mol. The number of methoxy groups -OCH3 is 1. The fourth-order valence-corrected chi connectivity index (χ4v) is 1.51. The molecule has 0 saturated carbocycles. The highest BCUT2D eigenvalue weighted by molar-refractivity contribution is 5.74. The summed E-state index contributed by atoms with van der Waals surface area (Å²) < 4.78 is 5.05. The van der Waals surface area contributed by atoms with E-state index in [0.717, 1.165) is 11.1 Å². The maximum Gasteiger partial charge on any atom is 0.219 e. The molecule has 82 valence electrons. The van der Waals surface area contributed by atoms with Gasteiger partial charge in [0.2, 0.25) is 5.91 Å². The number of benzene rings is 1. The van der Waals surface area contributed by atoms with Crippen LogP contribution in [0.2, 0.25) is 0 Å². The molecule has 0 radical (unpaired) electrons. The zero-order chi connectivity index (χ0) is 11.3. The Balaban J connectivity index is 2.86. The van der Waals surface area contributed by atoms with Gasteiger partial charge in [-0.1, -0.05) is 24.3 Å².